The minimum atomic E-state index is -1.05. The third kappa shape index (κ3) is 4.75. The minimum Gasteiger partial charge on any atom is -0.465 e. The van der Waals surface area contributed by atoms with Gasteiger partial charge in [-0.3, -0.25) is 14.4 Å². The van der Waals surface area contributed by atoms with Crippen LogP contribution in [0.15, 0.2) is 12.1 Å². The number of methoxy groups -OCH3 is 1. The van der Waals surface area contributed by atoms with Crippen LogP contribution < -0.4 is 0 Å². The van der Waals surface area contributed by atoms with Crippen molar-refractivity contribution in [3.8, 4) is 0 Å². The molecule has 150 valence electrons. The first-order chi connectivity index (χ1) is 13.1. The van der Waals surface area contributed by atoms with E-state index in [4.69, 9.17) is 9.47 Å². The molecule has 2 aromatic heterocycles. The smallest absolute Gasteiger partial charge is 0.339 e. The molecule has 0 saturated heterocycles. The molecule has 1 atom stereocenters. The summed E-state index contributed by atoms with van der Waals surface area (Å²) in [6.45, 7) is 6.64. The van der Waals surface area contributed by atoms with E-state index in [1.165, 1.54) is 25.4 Å². The standard InChI is InChI=1S/C20H23NO6S/c1-10-6-8-15(28-10)14(22)7-9-16(23)27-13(4)19(24)18-11(2)17(12(3)21-18)20(25)26-5/h6,8,13,21H,7,9H2,1-5H3/t13-/m1/s1. The van der Waals surface area contributed by atoms with Gasteiger partial charge >= 0.3 is 11.9 Å². The van der Waals surface area contributed by atoms with Crippen molar-refractivity contribution in [3.63, 3.8) is 0 Å². The van der Waals surface area contributed by atoms with Crippen molar-refractivity contribution in [2.45, 2.75) is 46.6 Å². The van der Waals surface area contributed by atoms with E-state index in [1.807, 2.05) is 13.0 Å². The summed E-state index contributed by atoms with van der Waals surface area (Å²) in [5, 5.41) is 0. The van der Waals surface area contributed by atoms with Gasteiger partial charge in [0.25, 0.3) is 0 Å². The number of Topliss-reactive ketones (excluding diaryl/α,β-unsaturated/α-hetero) is 2. The van der Waals surface area contributed by atoms with Gasteiger partial charge in [-0.2, -0.15) is 0 Å². The van der Waals surface area contributed by atoms with Crippen LogP contribution >= 0.6 is 11.3 Å². The lowest BCUT2D eigenvalue weighted by molar-refractivity contribution is -0.146. The van der Waals surface area contributed by atoms with E-state index in [-0.39, 0.29) is 24.3 Å². The van der Waals surface area contributed by atoms with E-state index >= 15 is 0 Å². The Hall–Kier alpha value is -2.74. The molecule has 0 aliphatic heterocycles. The molecule has 8 heteroatoms. The molecule has 0 aliphatic carbocycles. The zero-order chi connectivity index (χ0) is 21.0. The molecule has 0 bridgehead atoms. The number of aromatic amines is 1. The molecule has 28 heavy (non-hydrogen) atoms. The number of H-pyrrole nitrogens is 1. The SMILES string of the molecule is COC(=O)c1c(C)[nH]c(C(=O)[C@@H](C)OC(=O)CCC(=O)c2ccc(C)s2)c1C. The maximum Gasteiger partial charge on any atom is 0.339 e. The number of ketones is 2. The molecule has 2 heterocycles. The second-order valence-corrected chi connectivity index (χ2v) is 7.73. The number of carbonyl (C=O) groups is 4. The van der Waals surface area contributed by atoms with Crippen LogP contribution in [0.25, 0.3) is 0 Å². The van der Waals surface area contributed by atoms with Crippen molar-refractivity contribution < 1.29 is 28.7 Å². The Kier molecular flexibility index (Phi) is 6.90. The number of ether oxygens (including phenoxy) is 2. The van der Waals surface area contributed by atoms with Crippen LogP contribution in [0.3, 0.4) is 0 Å². The largest absolute Gasteiger partial charge is 0.465 e. The van der Waals surface area contributed by atoms with E-state index in [9.17, 15) is 19.2 Å². The molecule has 0 saturated carbocycles. The van der Waals surface area contributed by atoms with E-state index in [1.54, 1.807) is 19.9 Å². The highest BCUT2D eigenvalue weighted by Gasteiger charge is 2.27. The fourth-order valence-corrected chi connectivity index (χ4v) is 3.68. The van der Waals surface area contributed by atoms with Crippen molar-refractivity contribution in [2.24, 2.45) is 0 Å². The highest BCUT2D eigenvalue weighted by molar-refractivity contribution is 7.14. The van der Waals surface area contributed by atoms with Crippen LogP contribution in [-0.4, -0.2) is 41.7 Å². The van der Waals surface area contributed by atoms with E-state index < -0.39 is 23.8 Å². The third-order valence-electron chi connectivity index (χ3n) is 4.32. The summed E-state index contributed by atoms with van der Waals surface area (Å²) < 4.78 is 9.90. The van der Waals surface area contributed by atoms with Crippen LogP contribution in [0.5, 0.6) is 0 Å². The normalized spacial score (nSPS) is 11.8. The van der Waals surface area contributed by atoms with Gasteiger partial charge in [0.05, 0.1) is 29.7 Å². The number of nitrogens with one attached hydrogen (secondary N) is 1. The highest BCUT2D eigenvalue weighted by atomic mass is 32.1. The molecule has 0 aliphatic rings. The van der Waals surface area contributed by atoms with Gasteiger partial charge in [0.1, 0.15) is 0 Å². The Bertz CT molecular complexity index is 923. The Morgan fingerprint density at radius 2 is 1.79 bits per heavy atom. The second-order valence-electron chi connectivity index (χ2n) is 6.45. The lowest BCUT2D eigenvalue weighted by Crippen LogP contribution is -2.25. The average Bonchev–Trinajstić information content (AvgIpc) is 3.21. The topological polar surface area (TPSA) is 103 Å². The number of aromatic nitrogens is 1. The minimum absolute atomic E-state index is 0.0207. The number of esters is 2. The molecule has 0 spiro atoms. The van der Waals surface area contributed by atoms with Gasteiger partial charge in [0.2, 0.25) is 5.78 Å². The lowest BCUT2D eigenvalue weighted by Gasteiger charge is -2.12. The Labute approximate surface area is 167 Å². The number of rotatable bonds is 8. The summed E-state index contributed by atoms with van der Waals surface area (Å²) in [6.07, 6.45) is -1.13. The van der Waals surface area contributed by atoms with Crippen molar-refractivity contribution in [1.29, 1.82) is 0 Å². The van der Waals surface area contributed by atoms with E-state index in [0.717, 1.165) is 4.88 Å². The molecule has 0 radical (unpaired) electrons. The zero-order valence-corrected chi connectivity index (χ0v) is 17.3. The van der Waals surface area contributed by atoms with E-state index in [2.05, 4.69) is 4.98 Å². The fraction of sp³-hybridized carbons (Fsp3) is 0.400. The van der Waals surface area contributed by atoms with E-state index in [0.29, 0.717) is 21.7 Å². The summed E-state index contributed by atoms with van der Waals surface area (Å²) in [6, 6.07) is 3.58. The van der Waals surface area contributed by atoms with Crippen LogP contribution in [0.1, 0.15) is 66.4 Å². The molecule has 0 aromatic carbocycles. The molecular formula is C20H23NO6S. The second kappa shape index (κ2) is 8.97. The summed E-state index contributed by atoms with van der Waals surface area (Å²) in [4.78, 5) is 53.0. The van der Waals surface area contributed by atoms with Gasteiger partial charge in [-0.1, -0.05) is 0 Å². The van der Waals surface area contributed by atoms with Crippen LogP contribution in [0.2, 0.25) is 0 Å². The predicted octanol–water partition coefficient (Wildman–Crippen LogP) is 3.57. The molecule has 7 nitrogen and oxygen atoms in total. The first-order valence-corrected chi connectivity index (χ1v) is 9.58. The summed E-state index contributed by atoms with van der Waals surface area (Å²) in [5.74, 6) is -1.76. The summed E-state index contributed by atoms with van der Waals surface area (Å²) in [7, 11) is 1.26. The number of thiophene rings is 1. The maximum absolute atomic E-state index is 12.6. The Morgan fingerprint density at radius 3 is 2.36 bits per heavy atom. The molecule has 2 aromatic rings. The highest BCUT2D eigenvalue weighted by Crippen LogP contribution is 2.21. The van der Waals surface area contributed by atoms with Crippen molar-refractivity contribution >= 4 is 34.8 Å². The van der Waals surface area contributed by atoms with Crippen molar-refractivity contribution in [2.75, 3.05) is 7.11 Å². The van der Waals surface area contributed by atoms with Gasteiger partial charge in [-0.05, 0) is 45.4 Å². The summed E-state index contributed by atoms with van der Waals surface area (Å²) >= 11 is 1.38. The molecule has 2 rings (SSSR count). The number of hydrogen-bond acceptors (Lipinski definition) is 7. The molecule has 0 fully saturated rings. The van der Waals surface area contributed by atoms with Gasteiger partial charge < -0.3 is 14.5 Å². The van der Waals surface area contributed by atoms with Gasteiger partial charge in [-0.15, -0.1) is 11.3 Å². The zero-order valence-electron chi connectivity index (χ0n) is 16.5. The molecular weight excluding hydrogens is 382 g/mol. The predicted molar refractivity (Wildman–Crippen MR) is 104 cm³/mol. The third-order valence-corrected chi connectivity index (χ3v) is 5.36. The van der Waals surface area contributed by atoms with Gasteiger partial charge in [0, 0.05) is 17.0 Å². The Morgan fingerprint density at radius 1 is 1.11 bits per heavy atom. The van der Waals surface area contributed by atoms with Crippen LogP contribution in [-0.2, 0) is 14.3 Å². The van der Waals surface area contributed by atoms with Crippen molar-refractivity contribution in [1.82, 2.24) is 4.98 Å². The maximum atomic E-state index is 12.6. The first kappa shape index (κ1) is 21.6. The van der Waals surface area contributed by atoms with Crippen molar-refractivity contribution in [3.05, 3.63) is 44.4 Å². The number of carbonyl (C=O) groups excluding carboxylic acids is 4. The fourth-order valence-electron chi connectivity index (χ4n) is 2.84. The van der Waals surface area contributed by atoms with Gasteiger partial charge in [0.15, 0.2) is 11.9 Å². The number of hydrogen-bond donors (Lipinski definition) is 1. The molecule has 0 amide bonds. The van der Waals surface area contributed by atoms with Crippen LogP contribution in [0, 0.1) is 20.8 Å². The molecule has 0 unspecified atom stereocenters. The average molecular weight is 405 g/mol. The monoisotopic (exact) mass is 405 g/mol. The van der Waals surface area contributed by atoms with Crippen LogP contribution in [0.4, 0.5) is 0 Å². The Balaban J connectivity index is 1.97. The quantitative estimate of drug-likeness (QED) is 0.532. The first-order valence-electron chi connectivity index (χ1n) is 8.76. The summed E-state index contributed by atoms with van der Waals surface area (Å²) in [5.41, 5.74) is 1.44. The molecule has 1 N–H and O–H groups in total. The lowest BCUT2D eigenvalue weighted by atomic mass is 10.1. The van der Waals surface area contributed by atoms with Gasteiger partial charge in [-0.25, -0.2) is 4.79 Å². The number of aryl methyl sites for hydroxylation is 2.